The highest BCUT2D eigenvalue weighted by Gasteiger charge is 2.38. The zero-order valence-electron chi connectivity index (χ0n) is 12.5. The number of hydrogen-bond acceptors (Lipinski definition) is 4. The summed E-state index contributed by atoms with van der Waals surface area (Å²) in [4.78, 5) is 1.39. The minimum Gasteiger partial charge on any atom is -0.312 e. The number of rotatable bonds is 8. The Balaban J connectivity index is 2.10. The Kier molecular flexibility index (Phi) is 4.89. The molecule has 0 amide bonds. The Morgan fingerprint density at radius 1 is 1.40 bits per heavy atom. The van der Waals surface area contributed by atoms with Gasteiger partial charge in [-0.2, -0.15) is 0 Å². The molecule has 0 atom stereocenters. The molecule has 0 aromatic carbocycles. The van der Waals surface area contributed by atoms with Crippen molar-refractivity contribution in [2.24, 2.45) is 5.41 Å². The van der Waals surface area contributed by atoms with E-state index in [-0.39, 0.29) is 5.41 Å². The lowest BCUT2D eigenvalue weighted by molar-refractivity contribution is 0.529. The maximum atomic E-state index is 12.5. The Hall–Kier alpha value is -0.430. The number of thiophene rings is 1. The van der Waals surface area contributed by atoms with Gasteiger partial charge in [-0.3, -0.25) is 0 Å². The highest BCUT2D eigenvalue weighted by atomic mass is 32.2. The molecule has 4 nitrogen and oxygen atoms in total. The summed E-state index contributed by atoms with van der Waals surface area (Å²) < 4.78 is 27.8. The van der Waals surface area contributed by atoms with E-state index in [2.05, 4.69) is 23.9 Å². The minimum atomic E-state index is -3.39. The molecule has 0 bridgehead atoms. The molecular weight excluding hydrogens is 292 g/mol. The van der Waals surface area contributed by atoms with Crippen molar-refractivity contribution in [2.75, 3.05) is 13.1 Å². The second kappa shape index (κ2) is 6.13. The van der Waals surface area contributed by atoms with Crippen molar-refractivity contribution in [3.8, 4) is 0 Å². The topological polar surface area (TPSA) is 58.2 Å². The van der Waals surface area contributed by atoms with Crippen LogP contribution in [0.5, 0.6) is 0 Å². The van der Waals surface area contributed by atoms with E-state index in [4.69, 9.17) is 0 Å². The molecule has 20 heavy (non-hydrogen) atoms. The Bertz CT molecular complexity index is 560. The summed E-state index contributed by atoms with van der Waals surface area (Å²) in [5.41, 5.74) is 1.02. The van der Waals surface area contributed by atoms with E-state index in [0.29, 0.717) is 18.0 Å². The van der Waals surface area contributed by atoms with Gasteiger partial charge >= 0.3 is 0 Å². The van der Waals surface area contributed by atoms with E-state index in [1.807, 2.05) is 12.3 Å². The van der Waals surface area contributed by atoms with Crippen LogP contribution in [0.4, 0.5) is 0 Å². The summed E-state index contributed by atoms with van der Waals surface area (Å²) in [6, 6.07) is 0. The zero-order valence-corrected chi connectivity index (χ0v) is 14.1. The van der Waals surface area contributed by atoms with E-state index < -0.39 is 10.0 Å². The van der Waals surface area contributed by atoms with E-state index in [1.165, 1.54) is 11.3 Å². The Morgan fingerprint density at radius 3 is 2.70 bits per heavy atom. The molecule has 1 fully saturated rings. The SMILES string of the molecule is CCCNCc1scc(C)c1S(=O)(=O)NCC1(C)CC1. The first-order valence-electron chi connectivity index (χ1n) is 7.15. The van der Waals surface area contributed by atoms with Crippen molar-refractivity contribution in [3.63, 3.8) is 0 Å². The molecule has 114 valence electrons. The first-order valence-corrected chi connectivity index (χ1v) is 9.51. The third kappa shape index (κ3) is 3.81. The van der Waals surface area contributed by atoms with Crippen LogP contribution in [-0.4, -0.2) is 21.5 Å². The van der Waals surface area contributed by atoms with Crippen LogP contribution < -0.4 is 10.0 Å². The predicted molar refractivity (Wildman–Crippen MR) is 83.6 cm³/mol. The molecule has 0 unspecified atom stereocenters. The van der Waals surface area contributed by atoms with Gasteiger partial charge in [0.2, 0.25) is 10.0 Å². The highest BCUT2D eigenvalue weighted by Crippen LogP contribution is 2.44. The normalized spacial score (nSPS) is 17.4. The molecule has 1 aliphatic rings. The fraction of sp³-hybridized carbons (Fsp3) is 0.714. The molecule has 0 radical (unpaired) electrons. The second-order valence-electron chi connectivity index (χ2n) is 5.98. The van der Waals surface area contributed by atoms with Crippen LogP contribution in [0.25, 0.3) is 0 Å². The van der Waals surface area contributed by atoms with Crippen molar-refractivity contribution < 1.29 is 8.42 Å². The predicted octanol–water partition coefficient (Wildman–Crippen LogP) is 2.63. The van der Waals surface area contributed by atoms with Gasteiger partial charge in [0.05, 0.1) is 0 Å². The first kappa shape index (κ1) is 15.9. The summed E-state index contributed by atoms with van der Waals surface area (Å²) >= 11 is 1.52. The third-order valence-corrected chi connectivity index (χ3v) is 6.63. The minimum absolute atomic E-state index is 0.178. The Labute approximate surface area is 126 Å². The van der Waals surface area contributed by atoms with Gasteiger partial charge in [0.15, 0.2) is 0 Å². The third-order valence-electron chi connectivity index (χ3n) is 3.76. The number of sulfonamides is 1. The molecule has 2 rings (SSSR count). The van der Waals surface area contributed by atoms with Gasteiger partial charge in [-0.25, -0.2) is 13.1 Å². The molecule has 2 N–H and O–H groups in total. The van der Waals surface area contributed by atoms with Crippen LogP contribution in [0.15, 0.2) is 10.3 Å². The molecule has 0 saturated heterocycles. The number of hydrogen-bond donors (Lipinski definition) is 2. The van der Waals surface area contributed by atoms with Gasteiger partial charge in [0, 0.05) is 18.0 Å². The van der Waals surface area contributed by atoms with Crippen LogP contribution in [-0.2, 0) is 16.6 Å². The van der Waals surface area contributed by atoms with Crippen molar-refractivity contribution in [3.05, 3.63) is 15.8 Å². The summed E-state index contributed by atoms with van der Waals surface area (Å²) in [6.07, 6.45) is 3.27. The standard InChI is InChI=1S/C14H24N2O2S2/c1-4-7-15-8-12-13(11(2)9-19-12)20(17,18)16-10-14(3)5-6-14/h9,15-16H,4-8,10H2,1-3H3. The van der Waals surface area contributed by atoms with Crippen LogP contribution in [0, 0.1) is 12.3 Å². The van der Waals surface area contributed by atoms with Crippen molar-refractivity contribution in [1.82, 2.24) is 10.0 Å². The van der Waals surface area contributed by atoms with Crippen LogP contribution in [0.3, 0.4) is 0 Å². The van der Waals surface area contributed by atoms with Crippen LogP contribution in [0.1, 0.15) is 43.6 Å². The molecule has 0 spiro atoms. The summed E-state index contributed by atoms with van der Waals surface area (Å²) in [5, 5.41) is 5.21. The molecule has 1 saturated carbocycles. The monoisotopic (exact) mass is 316 g/mol. The fourth-order valence-electron chi connectivity index (χ4n) is 2.08. The average Bonchev–Trinajstić information content (AvgIpc) is 3.00. The van der Waals surface area contributed by atoms with Crippen LogP contribution in [0.2, 0.25) is 0 Å². The maximum absolute atomic E-state index is 12.5. The summed E-state index contributed by atoms with van der Waals surface area (Å²) in [7, 11) is -3.39. The second-order valence-corrected chi connectivity index (χ2v) is 8.65. The zero-order chi connectivity index (χ0) is 14.8. The van der Waals surface area contributed by atoms with E-state index in [0.717, 1.165) is 36.2 Å². The fourth-order valence-corrected chi connectivity index (χ4v) is 5.06. The van der Waals surface area contributed by atoms with Crippen molar-refractivity contribution >= 4 is 21.4 Å². The number of aryl methyl sites for hydroxylation is 1. The van der Waals surface area contributed by atoms with E-state index in [1.54, 1.807) is 0 Å². The van der Waals surface area contributed by atoms with E-state index in [9.17, 15) is 8.42 Å². The van der Waals surface area contributed by atoms with Crippen LogP contribution >= 0.6 is 11.3 Å². The molecule has 0 aliphatic heterocycles. The lowest BCUT2D eigenvalue weighted by Gasteiger charge is -2.12. The highest BCUT2D eigenvalue weighted by molar-refractivity contribution is 7.89. The smallest absolute Gasteiger partial charge is 0.242 e. The quantitative estimate of drug-likeness (QED) is 0.725. The van der Waals surface area contributed by atoms with Crippen molar-refractivity contribution in [1.29, 1.82) is 0 Å². The largest absolute Gasteiger partial charge is 0.312 e. The number of nitrogens with one attached hydrogen (secondary N) is 2. The molecule has 6 heteroatoms. The first-order chi connectivity index (χ1) is 9.38. The molecular formula is C14H24N2O2S2. The molecule has 1 heterocycles. The van der Waals surface area contributed by atoms with Crippen molar-refractivity contribution in [2.45, 2.75) is 51.5 Å². The Morgan fingerprint density at radius 2 is 2.10 bits per heavy atom. The average molecular weight is 316 g/mol. The van der Waals surface area contributed by atoms with Gasteiger partial charge in [-0.15, -0.1) is 11.3 Å². The van der Waals surface area contributed by atoms with E-state index >= 15 is 0 Å². The van der Waals surface area contributed by atoms with Gasteiger partial charge in [0.1, 0.15) is 4.90 Å². The molecule has 1 aromatic rings. The van der Waals surface area contributed by atoms with Gasteiger partial charge in [-0.1, -0.05) is 13.8 Å². The van der Waals surface area contributed by atoms with Gasteiger partial charge in [-0.05, 0) is 49.1 Å². The lowest BCUT2D eigenvalue weighted by atomic mass is 10.2. The van der Waals surface area contributed by atoms with Gasteiger partial charge < -0.3 is 5.32 Å². The molecule has 1 aromatic heterocycles. The summed E-state index contributed by atoms with van der Waals surface area (Å²) in [6.45, 7) is 8.17. The maximum Gasteiger partial charge on any atom is 0.242 e. The van der Waals surface area contributed by atoms with Gasteiger partial charge in [0.25, 0.3) is 0 Å². The lowest BCUT2D eigenvalue weighted by Crippen LogP contribution is -2.30. The summed E-state index contributed by atoms with van der Waals surface area (Å²) in [5.74, 6) is 0. The molecule has 1 aliphatic carbocycles.